The lowest BCUT2D eigenvalue weighted by molar-refractivity contribution is -0.118. The summed E-state index contributed by atoms with van der Waals surface area (Å²) in [6, 6.07) is 3.63. The van der Waals surface area contributed by atoms with Gasteiger partial charge in [0.1, 0.15) is 5.75 Å². The van der Waals surface area contributed by atoms with Crippen molar-refractivity contribution in [2.45, 2.75) is 26.7 Å². The average molecular weight is 275 g/mol. The smallest absolute Gasteiger partial charge is 0.262 e. The van der Waals surface area contributed by atoms with Crippen molar-refractivity contribution in [1.82, 2.24) is 0 Å². The van der Waals surface area contributed by atoms with Gasteiger partial charge in [0.15, 0.2) is 6.61 Å². The molecule has 5 heteroatoms. The Morgan fingerprint density at radius 1 is 1.45 bits per heavy atom. The number of carbonyl (C=O) groups excluding carboxylic acids is 1. The van der Waals surface area contributed by atoms with Gasteiger partial charge < -0.3 is 21.1 Å². The van der Waals surface area contributed by atoms with Gasteiger partial charge in [-0.1, -0.05) is 13.8 Å². The molecule has 5 nitrogen and oxygen atoms in total. The minimum Gasteiger partial charge on any atom is -0.482 e. The van der Waals surface area contributed by atoms with Gasteiger partial charge in [0, 0.05) is 12.6 Å². The van der Waals surface area contributed by atoms with Crippen LogP contribution >= 0.6 is 0 Å². The Bertz CT molecular complexity index is 550. The van der Waals surface area contributed by atoms with Crippen molar-refractivity contribution in [2.24, 2.45) is 11.3 Å². The van der Waals surface area contributed by atoms with Crippen LogP contribution in [-0.4, -0.2) is 19.1 Å². The third-order valence-corrected chi connectivity index (χ3v) is 4.53. The number of ether oxygens (including phenoxy) is 1. The minimum absolute atomic E-state index is 0.0513. The quantitative estimate of drug-likeness (QED) is 0.738. The first kappa shape index (κ1) is 13.1. The lowest BCUT2D eigenvalue weighted by atomic mass is 9.92. The number of nitrogens with one attached hydrogen (secondary N) is 2. The predicted octanol–water partition coefficient (Wildman–Crippen LogP) is 2.45. The number of carbonyl (C=O) groups is 1. The van der Waals surface area contributed by atoms with Crippen LogP contribution in [0, 0.1) is 11.3 Å². The van der Waals surface area contributed by atoms with E-state index in [0.29, 0.717) is 28.5 Å². The molecule has 0 bridgehead atoms. The molecule has 1 aromatic rings. The molecule has 1 aliphatic carbocycles. The number of rotatable bonds is 4. The second-order valence-electron chi connectivity index (χ2n) is 6.14. The molecular formula is C15H21N3O2. The Morgan fingerprint density at radius 3 is 2.85 bits per heavy atom. The molecule has 1 heterocycles. The third-order valence-electron chi connectivity index (χ3n) is 4.53. The molecule has 20 heavy (non-hydrogen) atoms. The standard InChI is InChI=1S/C15H21N3O2/c1-9(2)15(3-4-15)8-17-11-6-12-13(5-10(11)16)20-7-14(19)18-12/h5-6,9,17H,3-4,7-8,16H2,1-2H3,(H,18,19). The topological polar surface area (TPSA) is 76.4 Å². The molecule has 0 atom stereocenters. The molecule has 3 rings (SSSR count). The molecule has 108 valence electrons. The van der Waals surface area contributed by atoms with Crippen molar-refractivity contribution in [3.63, 3.8) is 0 Å². The number of hydrogen-bond acceptors (Lipinski definition) is 4. The van der Waals surface area contributed by atoms with Crippen LogP contribution in [-0.2, 0) is 4.79 Å². The molecule has 0 saturated heterocycles. The number of nitrogen functional groups attached to an aromatic ring is 1. The maximum Gasteiger partial charge on any atom is 0.262 e. The van der Waals surface area contributed by atoms with Crippen LogP contribution < -0.4 is 21.1 Å². The van der Waals surface area contributed by atoms with Crippen LogP contribution in [0.2, 0.25) is 0 Å². The maximum atomic E-state index is 11.4. The van der Waals surface area contributed by atoms with E-state index in [1.165, 1.54) is 12.8 Å². The summed E-state index contributed by atoms with van der Waals surface area (Å²) in [7, 11) is 0. The highest BCUT2D eigenvalue weighted by atomic mass is 16.5. The molecule has 0 unspecified atom stereocenters. The van der Waals surface area contributed by atoms with Crippen LogP contribution in [0.5, 0.6) is 5.75 Å². The van der Waals surface area contributed by atoms with E-state index >= 15 is 0 Å². The lowest BCUT2D eigenvalue weighted by Gasteiger charge is -2.23. The fourth-order valence-corrected chi connectivity index (χ4v) is 2.69. The Balaban J connectivity index is 1.77. The van der Waals surface area contributed by atoms with Gasteiger partial charge >= 0.3 is 0 Å². The zero-order valence-electron chi connectivity index (χ0n) is 12.0. The van der Waals surface area contributed by atoms with Gasteiger partial charge in [-0.15, -0.1) is 0 Å². The number of hydrogen-bond donors (Lipinski definition) is 3. The highest BCUT2D eigenvalue weighted by molar-refractivity contribution is 5.97. The molecular weight excluding hydrogens is 254 g/mol. The summed E-state index contributed by atoms with van der Waals surface area (Å²) in [6.45, 7) is 5.50. The molecule has 1 saturated carbocycles. The van der Waals surface area contributed by atoms with E-state index in [1.54, 1.807) is 6.07 Å². The highest BCUT2D eigenvalue weighted by Crippen LogP contribution is 2.52. The monoisotopic (exact) mass is 275 g/mol. The van der Waals surface area contributed by atoms with Gasteiger partial charge in [0.25, 0.3) is 5.91 Å². The van der Waals surface area contributed by atoms with Gasteiger partial charge in [-0.25, -0.2) is 0 Å². The average Bonchev–Trinajstić information content (AvgIpc) is 3.18. The summed E-state index contributed by atoms with van der Waals surface area (Å²) in [4.78, 5) is 11.4. The zero-order chi connectivity index (χ0) is 14.3. The van der Waals surface area contributed by atoms with Gasteiger partial charge in [-0.05, 0) is 30.2 Å². The van der Waals surface area contributed by atoms with Crippen LogP contribution in [0.25, 0.3) is 0 Å². The summed E-state index contributed by atoms with van der Waals surface area (Å²) in [6.07, 6.45) is 2.53. The molecule has 1 amide bonds. The minimum atomic E-state index is -0.130. The zero-order valence-corrected chi connectivity index (χ0v) is 12.0. The van der Waals surface area contributed by atoms with E-state index in [-0.39, 0.29) is 12.5 Å². The first-order chi connectivity index (χ1) is 9.50. The number of benzene rings is 1. The van der Waals surface area contributed by atoms with Gasteiger partial charge in [-0.2, -0.15) is 0 Å². The number of anilines is 3. The van der Waals surface area contributed by atoms with Crippen molar-refractivity contribution in [3.8, 4) is 5.75 Å². The number of fused-ring (bicyclic) bond motifs is 1. The van der Waals surface area contributed by atoms with E-state index in [4.69, 9.17) is 10.5 Å². The first-order valence-corrected chi connectivity index (χ1v) is 7.10. The first-order valence-electron chi connectivity index (χ1n) is 7.10. The Morgan fingerprint density at radius 2 is 2.20 bits per heavy atom. The highest BCUT2D eigenvalue weighted by Gasteiger charge is 2.45. The molecule has 2 aliphatic rings. The number of amides is 1. The maximum absolute atomic E-state index is 11.4. The second-order valence-corrected chi connectivity index (χ2v) is 6.14. The van der Waals surface area contributed by atoms with E-state index in [1.807, 2.05) is 6.07 Å². The largest absolute Gasteiger partial charge is 0.482 e. The fourth-order valence-electron chi connectivity index (χ4n) is 2.69. The van der Waals surface area contributed by atoms with Gasteiger partial charge in [0.2, 0.25) is 0 Å². The number of nitrogens with two attached hydrogens (primary N) is 1. The SMILES string of the molecule is CC(C)C1(CNc2cc3c(cc2N)OCC(=O)N3)CC1. The molecule has 0 aromatic heterocycles. The Hall–Kier alpha value is -1.91. The third kappa shape index (κ3) is 2.28. The summed E-state index contributed by atoms with van der Waals surface area (Å²) in [5, 5.41) is 6.23. The van der Waals surface area contributed by atoms with Crippen molar-refractivity contribution in [1.29, 1.82) is 0 Å². The van der Waals surface area contributed by atoms with Crippen molar-refractivity contribution < 1.29 is 9.53 Å². The fraction of sp³-hybridized carbons (Fsp3) is 0.533. The van der Waals surface area contributed by atoms with E-state index in [2.05, 4.69) is 24.5 Å². The van der Waals surface area contributed by atoms with Crippen LogP contribution in [0.3, 0.4) is 0 Å². The molecule has 0 spiro atoms. The van der Waals surface area contributed by atoms with Gasteiger partial charge in [-0.3, -0.25) is 4.79 Å². The summed E-state index contributed by atoms with van der Waals surface area (Å²) in [5.41, 5.74) is 8.66. The van der Waals surface area contributed by atoms with Crippen LogP contribution in [0.1, 0.15) is 26.7 Å². The normalized spacial score (nSPS) is 19.1. The molecule has 1 aliphatic heterocycles. The van der Waals surface area contributed by atoms with E-state index in [9.17, 15) is 4.79 Å². The summed E-state index contributed by atoms with van der Waals surface area (Å²) >= 11 is 0. The molecule has 1 aromatic carbocycles. The molecule has 4 N–H and O–H groups in total. The van der Waals surface area contributed by atoms with Crippen molar-refractivity contribution in [3.05, 3.63) is 12.1 Å². The van der Waals surface area contributed by atoms with Crippen LogP contribution in [0.15, 0.2) is 12.1 Å². The molecule has 1 fully saturated rings. The van der Waals surface area contributed by atoms with E-state index < -0.39 is 0 Å². The van der Waals surface area contributed by atoms with Gasteiger partial charge in [0.05, 0.1) is 17.1 Å². The predicted molar refractivity (Wildman–Crippen MR) is 80.0 cm³/mol. The van der Waals surface area contributed by atoms with Crippen LogP contribution in [0.4, 0.5) is 17.1 Å². The van der Waals surface area contributed by atoms with E-state index in [0.717, 1.165) is 12.2 Å². The Kier molecular flexibility index (Phi) is 3.00. The summed E-state index contributed by atoms with van der Waals surface area (Å²) in [5.74, 6) is 1.17. The Labute approximate surface area is 118 Å². The van der Waals surface area contributed by atoms with Crippen molar-refractivity contribution >= 4 is 23.0 Å². The second kappa shape index (κ2) is 4.58. The lowest BCUT2D eigenvalue weighted by Crippen LogP contribution is -2.26. The summed E-state index contributed by atoms with van der Waals surface area (Å²) < 4.78 is 5.35. The van der Waals surface area contributed by atoms with Crippen molar-refractivity contribution in [2.75, 3.05) is 29.5 Å². The molecule has 0 radical (unpaired) electrons.